The highest BCUT2D eigenvalue weighted by Gasteiger charge is 2.39. The van der Waals surface area contributed by atoms with Crippen LogP contribution in [-0.4, -0.2) is 49.6 Å². The van der Waals surface area contributed by atoms with Gasteiger partial charge in [0.2, 0.25) is 11.8 Å². The SMILES string of the molecule is CC1=C(CC(=O)N[C@H](C)C2CCNCC2)C(=O)NC2CCNC(C)C12. The number of carbonyl (C=O) groups is 2. The van der Waals surface area contributed by atoms with E-state index < -0.39 is 0 Å². The van der Waals surface area contributed by atoms with Gasteiger partial charge >= 0.3 is 0 Å². The van der Waals surface area contributed by atoms with Gasteiger partial charge in [0.25, 0.3) is 0 Å². The van der Waals surface area contributed by atoms with Gasteiger partial charge < -0.3 is 21.3 Å². The summed E-state index contributed by atoms with van der Waals surface area (Å²) in [5.41, 5.74) is 1.74. The normalized spacial score (nSPS) is 32.0. The molecule has 0 bridgehead atoms. The first-order chi connectivity index (χ1) is 12.0. The predicted molar refractivity (Wildman–Crippen MR) is 98.0 cm³/mol. The van der Waals surface area contributed by atoms with Crippen LogP contribution in [0.4, 0.5) is 0 Å². The van der Waals surface area contributed by atoms with Crippen LogP contribution in [0.2, 0.25) is 0 Å². The smallest absolute Gasteiger partial charge is 0.247 e. The topological polar surface area (TPSA) is 82.3 Å². The Bertz CT molecular complexity index is 554. The van der Waals surface area contributed by atoms with E-state index in [9.17, 15) is 9.59 Å². The summed E-state index contributed by atoms with van der Waals surface area (Å²) in [6, 6.07) is 0.681. The van der Waals surface area contributed by atoms with Crippen LogP contribution in [0, 0.1) is 11.8 Å². The minimum Gasteiger partial charge on any atom is -0.353 e. The molecule has 0 aromatic heterocycles. The fraction of sp³-hybridized carbons (Fsp3) is 0.789. The molecular formula is C19H32N4O2. The molecule has 6 nitrogen and oxygen atoms in total. The van der Waals surface area contributed by atoms with Crippen LogP contribution in [0.25, 0.3) is 0 Å². The van der Waals surface area contributed by atoms with Crippen molar-refractivity contribution in [3.05, 3.63) is 11.1 Å². The van der Waals surface area contributed by atoms with E-state index >= 15 is 0 Å². The van der Waals surface area contributed by atoms with Crippen LogP contribution in [0.15, 0.2) is 11.1 Å². The number of nitrogens with one attached hydrogen (secondary N) is 4. The summed E-state index contributed by atoms with van der Waals surface area (Å²) in [5, 5.41) is 13.1. The predicted octanol–water partition coefficient (Wildman–Crippen LogP) is 0.694. The van der Waals surface area contributed by atoms with Gasteiger partial charge in [-0.1, -0.05) is 5.57 Å². The summed E-state index contributed by atoms with van der Waals surface area (Å²) in [4.78, 5) is 25.1. The van der Waals surface area contributed by atoms with Crippen molar-refractivity contribution >= 4 is 11.8 Å². The summed E-state index contributed by atoms with van der Waals surface area (Å²) < 4.78 is 0. The molecule has 0 aromatic rings. The highest BCUT2D eigenvalue weighted by atomic mass is 16.2. The quantitative estimate of drug-likeness (QED) is 0.603. The van der Waals surface area contributed by atoms with Crippen molar-refractivity contribution in [1.29, 1.82) is 0 Å². The third-order valence-electron chi connectivity index (χ3n) is 6.28. The van der Waals surface area contributed by atoms with Crippen LogP contribution in [0.1, 0.15) is 46.5 Å². The van der Waals surface area contributed by atoms with E-state index in [0.717, 1.165) is 44.5 Å². The number of rotatable bonds is 4. The zero-order chi connectivity index (χ0) is 18.0. The first-order valence-corrected chi connectivity index (χ1v) is 9.71. The number of carbonyl (C=O) groups excluding carboxylic acids is 2. The lowest BCUT2D eigenvalue weighted by Gasteiger charge is -2.42. The largest absolute Gasteiger partial charge is 0.353 e. The lowest BCUT2D eigenvalue weighted by Crippen LogP contribution is -2.57. The van der Waals surface area contributed by atoms with Crippen molar-refractivity contribution in [2.24, 2.45) is 11.8 Å². The first-order valence-electron chi connectivity index (χ1n) is 9.71. The first kappa shape index (κ1) is 18.4. The molecule has 2 saturated heterocycles. The zero-order valence-electron chi connectivity index (χ0n) is 15.7. The van der Waals surface area contributed by atoms with E-state index in [1.54, 1.807) is 0 Å². The van der Waals surface area contributed by atoms with Crippen LogP contribution in [-0.2, 0) is 9.59 Å². The van der Waals surface area contributed by atoms with Gasteiger partial charge in [0.15, 0.2) is 0 Å². The minimum atomic E-state index is -0.0579. The average Bonchev–Trinajstić information content (AvgIpc) is 2.59. The molecule has 4 atom stereocenters. The lowest BCUT2D eigenvalue weighted by molar-refractivity contribution is -0.125. The molecule has 25 heavy (non-hydrogen) atoms. The number of hydrogen-bond donors (Lipinski definition) is 4. The van der Waals surface area contributed by atoms with Crippen LogP contribution >= 0.6 is 0 Å². The van der Waals surface area contributed by atoms with Gasteiger partial charge in [0, 0.05) is 29.6 Å². The molecule has 0 radical (unpaired) electrons. The van der Waals surface area contributed by atoms with E-state index in [4.69, 9.17) is 0 Å². The molecule has 2 amide bonds. The van der Waals surface area contributed by atoms with Gasteiger partial charge in [0.05, 0.1) is 6.42 Å². The molecule has 3 rings (SSSR count). The highest BCUT2D eigenvalue weighted by Crippen LogP contribution is 2.32. The molecule has 3 aliphatic rings. The maximum Gasteiger partial charge on any atom is 0.247 e. The Morgan fingerprint density at radius 1 is 1.24 bits per heavy atom. The molecule has 2 fully saturated rings. The third-order valence-corrected chi connectivity index (χ3v) is 6.28. The van der Waals surface area contributed by atoms with Crippen molar-refractivity contribution < 1.29 is 9.59 Å². The number of piperidine rings is 2. The van der Waals surface area contributed by atoms with Gasteiger partial charge in [-0.2, -0.15) is 0 Å². The van der Waals surface area contributed by atoms with Crippen molar-refractivity contribution in [3.63, 3.8) is 0 Å². The molecule has 6 heteroatoms. The van der Waals surface area contributed by atoms with Crippen LogP contribution in [0.3, 0.4) is 0 Å². The van der Waals surface area contributed by atoms with Crippen LogP contribution < -0.4 is 21.3 Å². The lowest BCUT2D eigenvalue weighted by atomic mass is 9.76. The summed E-state index contributed by atoms with van der Waals surface area (Å²) in [5.74, 6) is 0.714. The number of fused-ring (bicyclic) bond motifs is 1. The Morgan fingerprint density at radius 2 is 1.96 bits per heavy atom. The van der Waals surface area contributed by atoms with Gasteiger partial charge in [-0.05, 0) is 65.6 Å². The molecule has 0 spiro atoms. The van der Waals surface area contributed by atoms with Gasteiger partial charge in [-0.15, -0.1) is 0 Å². The van der Waals surface area contributed by atoms with Gasteiger partial charge in [-0.25, -0.2) is 0 Å². The minimum absolute atomic E-state index is 0.0367. The number of amides is 2. The zero-order valence-corrected chi connectivity index (χ0v) is 15.7. The maximum atomic E-state index is 12.5. The fourth-order valence-electron chi connectivity index (χ4n) is 4.74. The maximum absolute atomic E-state index is 12.5. The molecule has 0 saturated carbocycles. The Labute approximate surface area is 150 Å². The molecule has 4 N–H and O–H groups in total. The van der Waals surface area contributed by atoms with E-state index in [2.05, 4.69) is 35.1 Å². The molecule has 3 unspecified atom stereocenters. The summed E-state index contributed by atoms with van der Waals surface area (Å²) in [6.07, 6.45) is 3.32. The second-order valence-electron chi connectivity index (χ2n) is 7.92. The van der Waals surface area contributed by atoms with Crippen molar-refractivity contribution in [1.82, 2.24) is 21.3 Å². The monoisotopic (exact) mass is 348 g/mol. The average molecular weight is 348 g/mol. The molecule has 0 aromatic carbocycles. The second kappa shape index (κ2) is 7.87. The highest BCUT2D eigenvalue weighted by molar-refractivity contribution is 6.00. The molecular weight excluding hydrogens is 316 g/mol. The standard InChI is InChI=1S/C19H32N4O2/c1-11-15(19(25)23-16-6-9-21-13(3)18(11)16)10-17(24)22-12(2)14-4-7-20-8-5-14/h12-14,16,18,20-21H,4-10H2,1-3H3,(H,22,24)(H,23,25)/t12-,13?,16?,18?/m1/s1. The summed E-state index contributed by atoms with van der Waals surface area (Å²) in [6.45, 7) is 9.24. The fourth-order valence-corrected chi connectivity index (χ4v) is 4.74. The van der Waals surface area contributed by atoms with E-state index in [1.807, 2.05) is 6.92 Å². The van der Waals surface area contributed by atoms with Gasteiger partial charge in [-0.3, -0.25) is 9.59 Å². The number of hydrogen-bond acceptors (Lipinski definition) is 4. The molecule has 140 valence electrons. The molecule has 3 heterocycles. The summed E-state index contributed by atoms with van der Waals surface area (Å²) in [7, 11) is 0. The Hall–Kier alpha value is -1.40. The summed E-state index contributed by atoms with van der Waals surface area (Å²) >= 11 is 0. The van der Waals surface area contributed by atoms with Crippen molar-refractivity contribution in [2.45, 2.75) is 64.6 Å². The van der Waals surface area contributed by atoms with E-state index in [1.165, 1.54) is 0 Å². The van der Waals surface area contributed by atoms with Crippen molar-refractivity contribution in [2.75, 3.05) is 19.6 Å². The third kappa shape index (κ3) is 4.06. The second-order valence-corrected chi connectivity index (χ2v) is 7.92. The molecule has 3 aliphatic heterocycles. The van der Waals surface area contributed by atoms with Crippen molar-refractivity contribution in [3.8, 4) is 0 Å². The van der Waals surface area contributed by atoms with Crippen LogP contribution in [0.5, 0.6) is 0 Å². The Balaban J connectivity index is 1.64. The Morgan fingerprint density at radius 3 is 2.68 bits per heavy atom. The van der Waals surface area contributed by atoms with Gasteiger partial charge in [0.1, 0.15) is 0 Å². The van der Waals surface area contributed by atoms with E-state index in [0.29, 0.717) is 17.5 Å². The van der Waals surface area contributed by atoms with E-state index in [-0.39, 0.29) is 36.2 Å². The molecule has 0 aliphatic carbocycles. The Kier molecular flexibility index (Phi) is 5.79.